The normalized spacial score (nSPS) is 17.6. The summed E-state index contributed by atoms with van der Waals surface area (Å²) >= 11 is 3.36. The van der Waals surface area contributed by atoms with Crippen molar-refractivity contribution in [2.45, 2.75) is 25.4 Å². The molecule has 0 bridgehead atoms. The molecule has 2 N–H and O–H groups in total. The Labute approximate surface area is 136 Å². The molecule has 22 heavy (non-hydrogen) atoms. The molecule has 1 aliphatic heterocycles. The van der Waals surface area contributed by atoms with Gasteiger partial charge in [0.25, 0.3) is 0 Å². The number of hydrogen-bond donors (Lipinski definition) is 2. The van der Waals surface area contributed by atoms with Gasteiger partial charge in [0.15, 0.2) is 5.82 Å². The maximum absolute atomic E-state index is 11.9. The van der Waals surface area contributed by atoms with E-state index in [1.54, 1.807) is 12.4 Å². The van der Waals surface area contributed by atoms with Gasteiger partial charge in [-0.15, -0.1) is 0 Å². The summed E-state index contributed by atoms with van der Waals surface area (Å²) in [7, 11) is 0. The quantitative estimate of drug-likeness (QED) is 0.836. The summed E-state index contributed by atoms with van der Waals surface area (Å²) < 4.78 is 6.32. The van der Waals surface area contributed by atoms with Crippen molar-refractivity contribution in [2.24, 2.45) is 0 Å². The fraction of sp³-hybridized carbons (Fsp3) is 0.429. The first-order valence-electron chi connectivity index (χ1n) is 7.11. The highest BCUT2D eigenvalue weighted by Gasteiger charge is 2.17. The molecule has 0 aliphatic carbocycles. The van der Waals surface area contributed by atoms with Crippen LogP contribution in [0.4, 0.5) is 0 Å². The molecule has 2 aromatic rings. The van der Waals surface area contributed by atoms with Crippen LogP contribution in [-0.2, 0) is 16.0 Å². The number of nitrogens with one attached hydrogen (secondary N) is 2. The van der Waals surface area contributed by atoms with E-state index >= 15 is 0 Å². The minimum atomic E-state index is -0.0921. The number of hydrogen-bond acceptors (Lipinski definition) is 5. The first kappa shape index (κ1) is 15.1. The molecular formula is C14H16BrN5O2. The average Bonchev–Trinajstić information content (AvgIpc) is 3.16. The van der Waals surface area contributed by atoms with Crippen LogP contribution in [0, 0.1) is 0 Å². The lowest BCUT2D eigenvalue weighted by atomic mass is 10.2. The molecule has 1 aliphatic rings. The number of rotatable bonds is 5. The van der Waals surface area contributed by atoms with Crippen molar-refractivity contribution >= 4 is 21.8 Å². The van der Waals surface area contributed by atoms with Gasteiger partial charge >= 0.3 is 0 Å². The highest BCUT2D eigenvalue weighted by atomic mass is 79.9. The first-order valence-corrected chi connectivity index (χ1v) is 7.90. The zero-order chi connectivity index (χ0) is 15.4. The number of carbonyl (C=O) groups excluding carboxylic acids is 1. The average molecular weight is 366 g/mol. The van der Waals surface area contributed by atoms with Crippen LogP contribution in [0.2, 0.25) is 0 Å². The molecule has 0 spiro atoms. The van der Waals surface area contributed by atoms with Crippen LogP contribution in [0.25, 0.3) is 11.4 Å². The maximum Gasteiger partial charge on any atom is 0.227 e. The van der Waals surface area contributed by atoms with Gasteiger partial charge in [-0.3, -0.25) is 14.9 Å². The van der Waals surface area contributed by atoms with Crippen molar-refractivity contribution in [3.05, 3.63) is 28.8 Å². The summed E-state index contributed by atoms with van der Waals surface area (Å²) in [5.41, 5.74) is 0.789. The number of amides is 1. The summed E-state index contributed by atoms with van der Waals surface area (Å²) in [5.74, 6) is 0.959. The van der Waals surface area contributed by atoms with Crippen molar-refractivity contribution in [3.8, 4) is 11.4 Å². The Morgan fingerprint density at radius 3 is 3.18 bits per heavy atom. The molecule has 1 saturated heterocycles. The van der Waals surface area contributed by atoms with E-state index in [-0.39, 0.29) is 18.4 Å². The number of pyridine rings is 1. The third-order valence-electron chi connectivity index (χ3n) is 3.37. The maximum atomic E-state index is 11.9. The van der Waals surface area contributed by atoms with Gasteiger partial charge in [0, 0.05) is 35.6 Å². The van der Waals surface area contributed by atoms with Gasteiger partial charge in [0.1, 0.15) is 5.82 Å². The van der Waals surface area contributed by atoms with Crippen molar-refractivity contribution in [1.29, 1.82) is 0 Å². The topological polar surface area (TPSA) is 92.8 Å². The summed E-state index contributed by atoms with van der Waals surface area (Å²) in [4.78, 5) is 20.3. The Bertz CT molecular complexity index is 654. The predicted molar refractivity (Wildman–Crippen MR) is 83.0 cm³/mol. The second-order valence-corrected chi connectivity index (χ2v) is 6.03. The van der Waals surface area contributed by atoms with Crippen molar-refractivity contribution in [2.75, 3.05) is 13.2 Å². The zero-order valence-corrected chi connectivity index (χ0v) is 13.5. The Balaban J connectivity index is 1.55. The summed E-state index contributed by atoms with van der Waals surface area (Å²) in [5, 5.41) is 9.76. The minimum absolute atomic E-state index is 0.0921. The standard InChI is InChI=1S/C14H16BrN5O2/c15-10-4-9(6-16-7-10)14-18-12(19-20-14)5-13(21)17-8-11-2-1-3-22-11/h4,6-7,11H,1-3,5,8H2,(H,17,21)(H,18,19,20)/t11-/m1/s1. The van der Waals surface area contributed by atoms with E-state index in [9.17, 15) is 4.79 Å². The third kappa shape index (κ3) is 3.89. The van der Waals surface area contributed by atoms with E-state index in [1.807, 2.05) is 6.07 Å². The van der Waals surface area contributed by atoms with E-state index in [0.29, 0.717) is 18.2 Å². The van der Waals surface area contributed by atoms with Crippen LogP contribution in [0.5, 0.6) is 0 Å². The largest absolute Gasteiger partial charge is 0.376 e. The molecule has 0 radical (unpaired) electrons. The van der Waals surface area contributed by atoms with Crippen LogP contribution in [-0.4, -0.2) is 45.3 Å². The molecule has 8 heteroatoms. The van der Waals surface area contributed by atoms with Gasteiger partial charge in [0.05, 0.1) is 12.5 Å². The lowest BCUT2D eigenvalue weighted by Gasteiger charge is -2.09. The van der Waals surface area contributed by atoms with Crippen molar-refractivity contribution < 1.29 is 9.53 Å². The molecule has 3 heterocycles. The van der Waals surface area contributed by atoms with Crippen LogP contribution in [0.1, 0.15) is 18.7 Å². The first-order chi connectivity index (χ1) is 10.7. The highest BCUT2D eigenvalue weighted by Crippen LogP contribution is 2.18. The van der Waals surface area contributed by atoms with Crippen LogP contribution >= 0.6 is 15.9 Å². The predicted octanol–water partition coefficient (Wildman–Crippen LogP) is 1.47. The molecule has 3 rings (SSSR count). The monoisotopic (exact) mass is 365 g/mol. The molecule has 116 valence electrons. The molecule has 7 nitrogen and oxygen atoms in total. The number of H-pyrrole nitrogens is 1. The van der Waals surface area contributed by atoms with Crippen molar-refractivity contribution in [3.63, 3.8) is 0 Å². The van der Waals surface area contributed by atoms with Gasteiger partial charge in [-0.1, -0.05) is 0 Å². The van der Waals surface area contributed by atoms with E-state index in [4.69, 9.17) is 4.74 Å². The minimum Gasteiger partial charge on any atom is -0.376 e. The lowest BCUT2D eigenvalue weighted by Crippen LogP contribution is -2.33. The van der Waals surface area contributed by atoms with Crippen LogP contribution in [0.3, 0.4) is 0 Å². The lowest BCUT2D eigenvalue weighted by molar-refractivity contribution is -0.121. The molecule has 0 aromatic carbocycles. The van der Waals surface area contributed by atoms with Gasteiger partial charge < -0.3 is 10.1 Å². The molecule has 0 saturated carbocycles. The van der Waals surface area contributed by atoms with Gasteiger partial charge in [-0.2, -0.15) is 5.10 Å². The Morgan fingerprint density at radius 1 is 1.50 bits per heavy atom. The Kier molecular flexibility index (Phi) is 4.79. The Hall–Kier alpha value is -1.80. The molecular weight excluding hydrogens is 350 g/mol. The number of carbonyl (C=O) groups is 1. The highest BCUT2D eigenvalue weighted by molar-refractivity contribution is 9.10. The number of aromatic nitrogens is 4. The number of ether oxygens (including phenoxy) is 1. The SMILES string of the molecule is O=C(Cc1nc(-c2cncc(Br)c2)n[nH]1)NC[C@H]1CCCO1. The summed E-state index contributed by atoms with van der Waals surface area (Å²) in [6.45, 7) is 1.34. The van der Waals surface area contributed by atoms with Gasteiger partial charge in [0.2, 0.25) is 5.91 Å². The van der Waals surface area contributed by atoms with Crippen LogP contribution < -0.4 is 5.32 Å². The van der Waals surface area contributed by atoms with E-state index in [2.05, 4.69) is 41.4 Å². The number of halogens is 1. The second-order valence-electron chi connectivity index (χ2n) is 5.11. The fourth-order valence-electron chi connectivity index (χ4n) is 2.29. The van der Waals surface area contributed by atoms with E-state index < -0.39 is 0 Å². The van der Waals surface area contributed by atoms with Gasteiger partial charge in [-0.25, -0.2) is 4.98 Å². The molecule has 1 fully saturated rings. The second kappa shape index (κ2) is 6.97. The zero-order valence-electron chi connectivity index (χ0n) is 11.9. The molecule has 0 unspecified atom stereocenters. The van der Waals surface area contributed by atoms with Gasteiger partial charge in [-0.05, 0) is 34.8 Å². The molecule has 2 aromatic heterocycles. The van der Waals surface area contributed by atoms with Crippen molar-refractivity contribution in [1.82, 2.24) is 25.5 Å². The van der Waals surface area contributed by atoms with Crippen LogP contribution in [0.15, 0.2) is 22.9 Å². The molecule has 1 atom stereocenters. The number of aromatic amines is 1. The summed E-state index contributed by atoms with van der Waals surface area (Å²) in [6.07, 6.45) is 5.74. The van der Waals surface area contributed by atoms with E-state index in [0.717, 1.165) is 29.5 Å². The van der Waals surface area contributed by atoms with E-state index in [1.165, 1.54) is 0 Å². The Morgan fingerprint density at radius 2 is 2.41 bits per heavy atom. The fourth-order valence-corrected chi connectivity index (χ4v) is 2.65. The third-order valence-corrected chi connectivity index (χ3v) is 3.81. The summed E-state index contributed by atoms with van der Waals surface area (Å²) in [6, 6.07) is 1.87. The molecule has 1 amide bonds. The smallest absolute Gasteiger partial charge is 0.227 e. The number of nitrogens with zero attached hydrogens (tertiary/aromatic N) is 3.